The summed E-state index contributed by atoms with van der Waals surface area (Å²) in [7, 11) is 0. The first-order chi connectivity index (χ1) is 13.2. The van der Waals surface area contributed by atoms with Crippen molar-refractivity contribution in [2.75, 3.05) is 0 Å². The molecule has 0 spiro atoms. The van der Waals surface area contributed by atoms with Gasteiger partial charge in [-0.3, -0.25) is 0 Å². The average molecular weight is 399 g/mol. The highest BCUT2D eigenvalue weighted by molar-refractivity contribution is 5.83. The molecule has 0 fully saturated rings. The van der Waals surface area contributed by atoms with E-state index in [1.807, 2.05) is 32.9 Å². The van der Waals surface area contributed by atoms with E-state index in [9.17, 15) is 4.79 Å². The van der Waals surface area contributed by atoms with Gasteiger partial charge in [0.2, 0.25) is 0 Å². The average Bonchev–Trinajstić information content (AvgIpc) is 2.51. The monoisotopic (exact) mass is 398 g/mol. The summed E-state index contributed by atoms with van der Waals surface area (Å²) in [4.78, 5) is 12.2. The molecule has 162 valence electrons. The van der Waals surface area contributed by atoms with Crippen LogP contribution in [0.1, 0.15) is 88.5 Å². The molecule has 0 radical (unpaired) electrons. The van der Waals surface area contributed by atoms with Crippen LogP contribution in [0.25, 0.3) is 0 Å². The molecule has 1 aliphatic rings. The fraction of sp³-hybridized carbons (Fsp3) is 0.593. The molecule has 0 unspecified atom stereocenters. The van der Waals surface area contributed by atoms with E-state index in [0.29, 0.717) is 0 Å². The summed E-state index contributed by atoms with van der Waals surface area (Å²) < 4.78 is 5.65. The number of hydrogen-bond acceptors (Lipinski definition) is 2. The summed E-state index contributed by atoms with van der Waals surface area (Å²) in [6.07, 6.45) is 15.8. The summed E-state index contributed by atoms with van der Waals surface area (Å²) in [6, 6.07) is 0. The van der Waals surface area contributed by atoms with E-state index in [-0.39, 0.29) is 16.8 Å². The molecule has 1 aliphatic carbocycles. The lowest BCUT2D eigenvalue weighted by molar-refractivity contribution is -0.160. The van der Waals surface area contributed by atoms with Gasteiger partial charge in [0.1, 0.15) is 5.60 Å². The Labute approximate surface area is 179 Å². The molecule has 0 atom stereocenters. The van der Waals surface area contributed by atoms with Gasteiger partial charge < -0.3 is 4.74 Å². The Morgan fingerprint density at radius 2 is 1.66 bits per heavy atom. The smallest absolute Gasteiger partial charge is 0.331 e. The van der Waals surface area contributed by atoms with Crippen LogP contribution in [0.5, 0.6) is 0 Å². The van der Waals surface area contributed by atoms with Crippen molar-refractivity contribution in [2.45, 2.75) is 94.1 Å². The van der Waals surface area contributed by atoms with E-state index in [0.717, 1.165) is 5.57 Å². The van der Waals surface area contributed by atoms with Crippen molar-refractivity contribution in [3.63, 3.8) is 0 Å². The molecule has 1 rings (SSSR count). The highest BCUT2D eigenvalue weighted by Gasteiger charge is 2.36. The second-order valence-electron chi connectivity index (χ2n) is 10.6. The third kappa shape index (κ3) is 7.84. The number of ether oxygens (including phenoxy) is 1. The van der Waals surface area contributed by atoms with Gasteiger partial charge in [-0.25, -0.2) is 4.79 Å². The molecule has 0 heterocycles. The van der Waals surface area contributed by atoms with Crippen LogP contribution >= 0.6 is 0 Å². The summed E-state index contributed by atoms with van der Waals surface area (Å²) in [5.74, 6) is -0.297. The minimum Gasteiger partial charge on any atom is -0.456 e. The molecule has 2 heteroatoms. The fourth-order valence-corrected chi connectivity index (χ4v) is 3.30. The minimum atomic E-state index is -0.522. The van der Waals surface area contributed by atoms with Crippen molar-refractivity contribution >= 4 is 5.97 Å². The Balaban J connectivity index is 2.76. The van der Waals surface area contributed by atoms with E-state index in [2.05, 4.69) is 66.7 Å². The second-order valence-corrected chi connectivity index (χ2v) is 10.6. The van der Waals surface area contributed by atoms with Crippen molar-refractivity contribution in [1.82, 2.24) is 0 Å². The van der Waals surface area contributed by atoms with Gasteiger partial charge in [0.15, 0.2) is 0 Å². The van der Waals surface area contributed by atoms with E-state index in [1.54, 1.807) is 6.08 Å². The van der Waals surface area contributed by atoms with E-state index in [4.69, 9.17) is 4.74 Å². The van der Waals surface area contributed by atoms with Gasteiger partial charge >= 0.3 is 5.97 Å². The molecule has 0 aromatic carbocycles. The normalized spacial score (nSPS) is 19.4. The van der Waals surface area contributed by atoms with Gasteiger partial charge in [-0.2, -0.15) is 0 Å². The summed E-state index contributed by atoms with van der Waals surface area (Å²) in [5, 5.41) is 0. The number of allylic oxidation sites excluding steroid dienone is 9. The van der Waals surface area contributed by atoms with E-state index < -0.39 is 5.60 Å². The molecular formula is C27H42O2. The number of esters is 1. The summed E-state index contributed by atoms with van der Waals surface area (Å²) in [6.45, 7) is 21.1. The molecule has 2 nitrogen and oxygen atoms in total. The van der Waals surface area contributed by atoms with Gasteiger partial charge in [-0.15, -0.1) is 0 Å². The van der Waals surface area contributed by atoms with Crippen molar-refractivity contribution in [3.05, 3.63) is 58.7 Å². The summed E-state index contributed by atoms with van der Waals surface area (Å²) >= 11 is 0. The number of carbonyl (C=O) groups is 1. The zero-order chi connectivity index (χ0) is 22.5. The van der Waals surface area contributed by atoms with Crippen LogP contribution in [0, 0.1) is 10.8 Å². The van der Waals surface area contributed by atoms with E-state index in [1.165, 1.54) is 36.0 Å². The van der Waals surface area contributed by atoms with Crippen LogP contribution in [0.2, 0.25) is 0 Å². The first-order valence-corrected chi connectivity index (χ1v) is 10.8. The minimum absolute atomic E-state index is 0.118. The van der Waals surface area contributed by atoms with Crippen LogP contribution in [-0.2, 0) is 9.53 Å². The zero-order valence-electron chi connectivity index (χ0n) is 20.4. The number of carbonyl (C=O) groups excluding carboxylic acids is 1. The maximum Gasteiger partial charge on any atom is 0.331 e. The lowest BCUT2D eigenvalue weighted by atomic mass is 9.72. The Kier molecular flexibility index (Phi) is 8.50. The van der Waals surface area contributed by atoms with Crippen molar-refractivity contribution in [1.29, 1.82) is 0 Å². The second kappa shape index (κ2) is 9.78. The first kappa shape index (κ1) is 25.2. The highest BCUT2D eigenvalue weighted by atomic mass is 16.6. The van der Waals surface area contributed by atoms with Crippen LogP contribution < -0.4 is 0 Å². The Bertz CT molecular complexity index is 744. The standard InChI is InChI=1S/C27H42O2/c1-20(16-17-23-22(3)15-12-18-26(23,7)8)13-11-14-21(2)19-24(28)29-27(9,10)25(4,5)6/h11,13-14,16-17,19H,12,15,18H2,1-10H3/b14-11+,17-16+,20-13+,21-19+. The topological polar surface area (TPSA) is 26.3 Å². The van der Waals surface area contributed by atoms with Crippen LogP contribution in [0.3, 0.4) is 0 Å². The van der Waals surface area contributed by atoms with Crippen molar-refractivity contribution in [3.8, 4) is 0 Å². The third-order valence-electron chi connectivity index (χ3n) is 6.28. The van der Waals surface area contributed by atoms with Crippen molar-refractivity contribution in [2.24, 2.45) is 10.8 Å². The maximum atomic E-state index is 12.2. The predicted molar refractivity (Wildman–Crippen MR) is 126 cm³/mol. The molecule has 0 saturated carbocycles. The van der Waals surface area contributed by atoms with Gasteiger partial charge in [0.25, 0.3) is 0 Å². The maximum absolute atomic E-state index is 12.2. The van der Waals surface area contributed by atoms with Crippen LogP contribution in [-0.4, -0.2) is 11.6 Å². The largest absolute Gasteiger partial charge is 0.456 e. The first-order valence-electron chi connectivity index (χ1n) is 10.8. The third-order valence-corrected chi connectivity index (χ3v) is 6.28. The number of rotatable bonds is 6. The lowest BCUT2D eigenvalue weighted by Gasteiger charge is -2.37. The zero-order valence-corrected chi connectivity index (χ0v) is 20.4. The predicted octanol–water partition coefficient (Wildman–Crippen LogP) is 7.89. The Hall–Kier alpha value is -1.83. The quantitative estimate of drug-likeness (QED) is 0.258. The Morgan fingerprint density at radius 3 is 2.21 bits per heavy atom. The molecule has 0 aliphatic heterocycles. The van der Waals surface area contributed by atoms with Gasteiger partial charge in [0, 0.05) is 11.5 Å². The molecular weight excluding hydrogens is 356 g/mol. The highest BCUT2D eigenvalue weighted by Crippen LogP contribution is 2.40. The molecule has 29 heavy (non-hydrogen) atoms. The number of hydrogen-bond donors (Lipinski definition) is 0. The Morgan fingerprint density at radius 1 is 1.03 bits per heavy atom. The van der Waals surface area contributed by atoms with Crippen molar-refractivity contribution < 1.29 is 9.53 Å². The molecule has 0 aromatic heterocycles. The van der Waals surface area contributed by atoms with E-state index >= 15 is 0 Å². The lowest BCUT2D eigenvalue weighted by Crippen LogP contribution is -2.40. The molecule has 0 N–H and O–H groups in total. The molecule has 0 saturated heterocycles. The van der Waals surface area contributed by atoms with Crippen LogP contribution in [0.4, 0.5) is 0 Å². The van der Waals surface area contributed by atoms with Gasteiger partial charge in [0.05, 0.1) is 0 Å². The molecule has 0 aromatic rings. The van der Waals surface area contributed by atoms with Crippen LogP contribution in [0.15, 0.2) is 58.7 Å². The SMILES string of the molecule is CC1=C(/C=C/C(C)=C/C=C/C(C)=C/C(=O)OC(C)(C)C(C)(C)C)C(C)(C)CCC1. The molecule has 0 bridgehead atoms. The van der Waals surface area contributed by atoms with Gasteiger partial charge in [-0.05, 0) is 70.4 Å². The molecule has 0 amide bonds. The van der Waals surface area contributed by atoms with Gasteiger partial charge in [-0.1, -0.05) is 76.1 Å². The summed E-state index contributed by atoms with van der Waals surface area (Å²) in [5.41, 5.74) is 4.66. The fourth-order valence-electron chi connectivity index (χ4n) is 3.30.